The normalized spacial score (nSPS) is 12.5. The zero-order valence-corrected chi connectivity index (χ0v) is 8.12. The molecule has 0 aromatic heterocycles. The van der Waals surface area contributed by atoms with E-state index in [4.69, 9.17) is 15.6 Å². The van der Waals surface area contributed by atoms with Crippen LogP contribution >= 0.6 is 0 Å². The van der Waals surface area contributed by atoms with Gasteiger partial charge in [0.05, 0.1) is 13.2 Å². The topological polar surface area (TPSA) is 55.5 Å². The third-order valence-corrected chi connectivity index (χ3v) is 1.90. The van der Waals surface area contributed by atoms with Crippen LogP contribution < -0.4 is 10.5 Å². The van der Waals surface area contributed by atoms with Gasteiger partial charge in [0.15, 0.2) is 11.6 Å². The second-order valence-electron chi connectivity index (χ2n) is 3.13. The van der Waals surface area contributed by atoms with Crippen molar-refractivity contribution in [3.05, 3.63) is 29.8 Å². The highest BCUT2D eigenvalue weighted by Gasteiger charge is 2.08. The number of hydrogen-bond acceptors (Lipinski definition) is 3. The molecule has 84 valence electrons. The van der Waals surface area contributed by atoms with E-state index in [1.165, 1.54) is 12.1 Å². The van der Waals surface area contributed by atoms with Gasteiger partial charge in [-0.25, -0.2) is 4.39 Å². The Hall–Kier alpha value is -1.20. The van der Waals surface area contributed by atoms with Crippen molar-refractivity contribution in [2.24, 2.45) is 5.73 Å². The molecule has 3 nitrogen and oxygen atoms in total. The molecule has 5 heteroatoms. The first kappa shape index (κ1) is 11.9. The van der Waals surface area contributed by atoms with E-state index in [0.717, 1.165) is 6.07 Å². The molecule has 1 unspecified atom stereocenters. The van der Waals surface area contributed by atoms with Crippen molar-refractivity contribution >= 4 is 0 Å². The predicted molar refractivity (Wildman–Crippen MR) is 51.5 cm³/mol. The summed E-state index contributed by atoms with van der Waals surface area (Å²) in [6, 6.07) is 3.31. The Kier molecular flexibility index (Phi) is 4.45. The summed E-state index contributed by atoms with van der Waals surface area (Å²) in [6.45, 7) is -0.0168. The molecule has 0 heterocycles. The van der Waals surface area contributed by atoms with Crippen molar-refractivity contribution in [1.82, 2.24) is 0 Å². The van der Waals surface area contributed by atoms with Crippen LogP contribution in [0.5, 0.6) is 5.75 Å². The molecule has 0 radical (unpaired) electrons. The fraction of sp³-hybridized carbons (Fsp3) is 0.400. The maximum Gasteiger partial charge on any atom is 0.200 e. The van der Waals surface area contributed by atoms with Crippen LogP contribution in [0.15, 0.2) is 18.2 Å². The molecule has 0 aliphatic heterocycles. The molecule has 0 amide bonds. The molecule has 0 aliphatic carbocycles. The lowest BCUT2D eigenvalue weighted by atomic mass is 10.2. The van der Waals surface area contributed by atoms with Gasteiger partial charge >= 0.3 is 0 Å². The van der Waals surface area contributed by atoms with Gasteiger partial charge in [-0.2, -0.15) is 4.39 Å². The molecule has 0 spiro atoms. The van der Waals surface area contributed by atoms with Gasteiger partial charge < -0.3 is 15.6 Å². The molecular weight excluding hydrogens is 204 g/mol. The number of halogens is 2. The maximum absolute atomic E-state index is 13.0. The molecule has 1 aromatic rings. The number of rotatable bonds is 5. The van der Waals surface area contributed by atoms with Crippen LogP contribution in [0.4, 0.5) is 8.78 Å². The Morgan fingerprint density at radius 2 is 2.13 bits per heavy atom. The quantitative estimate of drug-likeness (QED) is 0.775. The van der Waals surface area contributed by atoms with Crippen molar-refractivity contribution < 1.29 is 18.6 Å². The van der Waals surface area contributed by atoms with E-state index in [1.54, 1.807) is 0 Å². The summed E-state index contributed by atoms with van der Waals surface area (Å²) in [7, 11) is 0. The maximum atomic E-state index is 13.0. The van der Waals surface area contributed by atoms with Crippen LogP contribution in [-0.4, -0.2) is 24.4 Å². The first-order valence-corrected chi connectivity index (χ1v) is 4.58. The molecule has 0 aliphatic rings. The van der Waals surface area contributed by atoms with Crippen LogP contribution in [0.1, 0.15) is 6.42 Å². The molecule has 0 bridgehead atoms. The Bertz CT molecular complexity index is 320. The van der Waals surface area contributed by atoms with Crippen LogP contribution in [0.3, 0.4) is 0 Å². The first-order chi connectivity index (χ1) is 7.15. The second-order valence-corrected chi connectivity index (χ2v) is 3.13. The Morgan fingerprint density at radius 3 is 2.80 bits per heavy atom. The molecule has 15 heavy (non-hydrogen) atoms. The van der Waals surface area contributed by atoms with Gasteiger partial charge in [0.1, 0.15) is 0 Å². The van der Waals surface area contributed by atoms with Crippen molar-refractivity contribution in [3.63, 3.8) is 0 Å². The minimum Gasteiger partial charge on any atom is -0.490 e. The molecule has 0 saturated carbocycles. The third-order valence-electron chi connectivity index (χ3n) is 1.90. The molecule has 1 aromatic carbocycles. The van der Waals surface area contributed by atoms with Gasteiger partial charge in [0, 0.05) is 6.04 Å². The predicted octanol–water partition coefficient (Wildman–Crippen LogP) is 1.05. The van der Waals surface area contributed by atoms with Gasteiger partial charge in [0.25, 0.3) is 0 Å². The van der Waals surface area contributed by atoms with Gasteiger partial charge in [-0.1, -0.05) is 6.07 Å². The fourth-order valence-corrected chi connectivity index (χ4v) is 1.01. The van der Waals surface area contributed by atoms with Crippen LogP contribution in [-0.2, 0) is 0 Å². The lowest BCUT2D eigenvalue weighted by Crippen LogP contribution is -2.26. The van der Waals surface area contributed by atoms with Crippen molar-refractivity contribution in [2.75, 3.05) is 13.2 Å². The number of aliphatic hydroxyl groups excluding tert-OH is 1. The summed E-state index contributed by atoms with van der Waals surface area (Å²) in [5.74, 6) is -2.09. The van der Waals surface area contributed by atoms with E-state index < -0.39 is 17.7 Å². The Morgan fingerprint density at radius 1 is 1.40 bits per heavy atom. The van der Waals surface area contributed by atoms with Gasteiger partial charge in [-0.15, -0.1) is 0 Å². The van der Waals surface area contributed by atoms with E-state index in [1.807, 2.05) is 0 Å². The number of benzene rings is 1. The zero-order chi connectivity index (χ0) is 11.3. The monoisotopic (exact) mass is 217 g/mol. The summed E-state index contributed by atoms with van der Waals surface area (Å²) in [4.78, 5) is 0. The third kappa shape index (κ3) is 3.45. The van der Waals surface area contributed by atoms with E-state index in [2.05, 4.69) is 0 Å². The molecular formula is C10H13F2NO2. The highest BCUT2D eigenvalue weighted by atomic mass is 19.2. The average Bonchev–Trinajstić information content (AvgIpc) is 2.24. The molecule has 1 rings (SSSR count). The summed E-state index contributed by atoms with van der Waals surface area (Å²) in [5.41, 5.74) is 5.41. The average molecular weight is 217 g/mol. The van der Waals surface area contributed by atoms with E-state index in [0.29, 0.717) is 6.42 Å². The molecule has 0 saturated heterocycles. The van der Waals surface area contributed by atoms with Gasteiger partial charge in [0.2, 0.25) is 5.82 Å². The first-order valence-electron chi connectivity index (χ1n) is 4.58. The minimum atomic E-state index is -1.00. The SMILES string of the molecule is NC(CO)CCOc1cccc(F)c1F. The van der Waals surface area contributed by atoms with Crippen molar-refractivity contribution in [3.8, 4) is 5.75 Å². The Labute approximate surface area is 86.5 Å². The van der Waals surface area contributed by atoms with E-state index >= 15 is 0 Å². The van der Waals surface area contributed by atoms with Crippen molar-refractivity contribution in [2.45, 2.75) is 12.5 Å². The summed E-state index contributed by atoms with van der Waals surface area (Å²) in [5, 5.41) is 8.62. The highest BCUT2D eigenvalue weighted by molar-refractivity contribution is 5.24. The number of ether oxygens (including phenoxy) is 1. The lowest BCUT2D eigenvalue weighted by Gasteiger charge is -2.10. The molecule has 3 N–H and O–H groups in total. The zero-order valence-electron chi connectivity index (χ0n) is 8.12. The standard InChI is InChI=1S/C10H13F2NO2/c11-8-2-1-3-9(10(8)12)15-5-4-7(13)6-14/h1-3,7,14H,4-6,13H2. The smallest absolute Gasteiger partial charge is 0.200 e. The molecule has 1 atom stereocenters. The minimum absolute atomic E-state index is 0.139. The molecule has 0 fully saturated rings. The van der Waals surface area contributed by atoms with E-state index in [9.17, 15) is 8.78 Å². The van der Waals surface area contributed by atoms with Crippen LogP contribution in [0.2, 0.25) is 0 Å². The summed E-state index contributed by atoms with van der Waals surface area (Å²) >= 11 is 0. The number of aliphatic hydroxyl groups is 1. The number of nitrogens with two attached hydrogens (primary N) is 1. The largest absolute Gasteiger partial charge is 0.490 e. The van der Waals surface area contributed by atoms with Gasteiger partial charge in [-0.3, -0.25) is 0 Å². The summed E-state index contributed by atoms with van der Waals surface area (Å²) in [6.07, 6.45) is 0.381. The van der Waals surface area contributed by atoms with Crippen LogP contribution in [0, 0.1) is 11.6 Å². The van der Waals surface area contributed by atoms with Crippen LogP contribution in [0.25, 0.3) is 0 Å². The van der Waals surface area contributed by atoms with Gasteiger partial charge in [-0.05, 0) is 18.6 Å². The number of hydrogen-bond donors (Lipinski definition) is 2. The second kappa shape index (κ2) is 5.63. The Balaban J connectivity index is 2.47. The van der Waals surface area contributed by atoms with Crippen molar-refractivity contribution in [1.29, 1.82) is 0 Å². The highest BCUT2D eigenvalue weighted by Crippen LogP contribution is 2.19. The van der Waals surface area contributed by atoms with E-state index in [-0.39, 0.29) is 19.0 Å². The fourth-order valence-electron chi connectivity index (χ4n) is 1.01. The summed E-state index contributed by atoms with van der Waals surface area (Å²) < 4.78 is 30.7. The lowest BCUT2D eigenvalue weighted by molar-refractivity contribution is 0.226.